The highest BCUT2D eigenvalue weighted by Crippen LogP contribution is 2.30. The molecule has 29 heavy (non-hydrogen) atoms. The summed E-state index contributed by atoms with van der Waals surface area (Å²) in [5.41, 5.74) is 8.26. The zero-order chi connectivity index (χ0) is 20.7. The van der Waals surface area contributed by atoms with E-state index < -0.39 is 5.97 Å². The number of aromatic carboxylic acids is 1. The van der Waals surface area contributed by atoms with Gasteiger partial charge in [0.1, 0.15) is 11.3 Å². The van der Waals surface area contributed by atoms with Crippen LogP contribution in [0.25, 0.3) is 11.0 Å². The number of nitrogens with one attached hydrogen (secondary N) is 1. The summed E-state index contributed by atoms with van der Waals surface area (Å²) >= 11 is 0. The van der Waals surface area contributed by atoms with Crippen LogP contribution in [0, 0.1) is 20.8 Å². The fraction of sp³-hybridized carbons (Fsp3) is 0.318. The number of hydrogen-bond acceptors (Lipinski definition) is 5. The Morgan fingerprint density at radius 2 is 2.00 bits per heavy atom. The summed E-state index contributed by atoms with van der Waals surface area (Å²) in [5.74, 6) is -0.804. The van der Waals surface area contributed by atoms with Gasteiger partial charge < -0.3 is 13.9 Å². The van der Waals surface area contributed by atoms with E-state index in [9.17, 15) is 14.7 Å². The maximum absolute atomic E-state index is 12.5. The van der Waals surface area contributed by atoms with Gasteiger partial charge in [0.15, 0.2) is 0 Å². The van der Waals surface area contributed by atoms with Gasteiger partial charge in [0.25, 0.3) is 0 Å². The van der Waals surface area contributed by atoms with Crippen molar-refractivity contribution < 1.29 is 23.5 Å². The topological polar surface area (TPSA) is 105 Å². The average molecular weight is 394 g/mol. The summed E-state index contributed by atoms with van der Waals surface area (Å²) in [6.45, 7) is 5.71. The third-order valence-corrected chi connectivity index (χ3v) is 5.28. The van der Waals surface area contributed by atoms with Crippen LogP contribution in [0.4, 0.5) is 0 Å². The molecule has 2 heterocycles. The second kappa shape index (κ2) is 7.24. The third kappa shape index (κ3) is 3.44. The second-order valence-electron chi connectivity index (χ2n) is 7.50. The highest BCUT2D eigenvalue weighted by atomic mass is 16.4. The first-order valence-corrected chi connectivity index (χ1v) is 9.53. The Kier molecular flexibility index (Phi) is 4.74. The molecule has 1 aliphatic carbocycles. The van der Waals surface area contributed by atoms with E-state index in [-0.39, 0.29) is 18.1 Å². The van der Waals surface area contributed by atoms with Gasteiger partial charge in [0.2, 0.25) is 11.7 Å². The minimum absolute atomic E-state index is 0.0634. The normalized spacial score (nSPS) is 14.9. The van der Waals surface area contributed by atoms with Crippen LogP contribution in [-0.4, -0.2) is 22.7 Å². The largest absolute Gasteiger partial charge is 0.475 e. The molecule has 2 N–H and O–H groups in total. The van der Waals surface area contributed by atoms with Gasteiger partial charge in [-0.1, -0.05) is 6.07 Å². The lowest BCUT2D eigenvalue weighted by atomic mass is 9.93. The number of carbonyl (C=O) groups is 2. The molecule has 1 amide bonds. The van der Waals surface area contributed by atoms with Crippen LogP contribution in [0.15, 0.2) is 32.3 Å². The Morgan fingerprint density at radius 3 is 2.76 bits per heavy atom. The van der Waals surface area contributed by atoms with Crippen molar-refractivity contribution in [2.45, 2.75) is 46.5 Å². The van der Waals surface area contributed by atoms with Crippen LogP contribution < -0.4 is 5.43 Å². The SMILES string of the molecule is Cc1cc(C)c2c(CC(=O)N/N=C3\CCCc4oc(C(=O)O)c(C)c43)coc2c1. The molecule has 2 aromatic heterocycles. The molecule has 0 aliphatic heterocycles. The highest BCUT2D eigenvalue weighted by molar-refractivity contribution is 6.06. The number of carboxylic acid groups (broad SMARTS) is 1. The molecule has 0 fully saturated rings. The van der Waals surface area contributed by atoms with E-state index in [1.54, 1.807) is 13.2 Å². The summed E-state index contributed by atoms with van der Waals surface area (Å²) < 4.78 is 11.1. The molecule has 4 rings (SSSR count). The van der Waals surface area contributed by atoms with E-state index in [1.165, 1.54) is 0 Å². The van der Waals surface area contributed by atoms with E-state index in [0.29, 0.717) is 35.4 Å². The van der Waals surface area contributed by atoms with Gasteiger partial charge in [-0.05, 0) is 50.8 Å². The van der Waals surface area contributed by atoms with Crippen molar-refractivity contribution in [2.24, 2.45) is 5.10 Å². The Balaban J connectivity index is 1.55. The maximum Gasteiger partial charge on any atom is 0.372 e. The molecular formula is C22H22N2O5. The number of nitrogens with zero attached hydrogens (tertiary/aromatic N) is 1. The Labute approximate surface area is 167 Å². The number of amides is 1. The van der Waals surface area contributed by atoms with Crippen LogP contribution in [0.1, 0.15) is 57.0 Å². The zero-order valence-electron chi connectivity index (χ0n) is 16.6. The van der Waals surface area contributed by atoms with Crippen LogP contribution in [0.2, 0.25) is 0 Å². The molecule has 1 aliphatic rings. The fourth-order valence-electron chi connectivity index (χ4n) is 4.08. The summed E-state index contributed by atoms with van der Waals surface area (Å²) in [7, 11) is 0. The number of benzene rings is 1. The van der Waals surface area contributed by atoms with Crippen molar-refractivity contribution >= 4 is 28.6 Å². The number of carbonyl (C=O) groups excluding carboxylic acids is 1. The van der Waals surface area contributed by atoms with Gasteiger partial charge in [-0.3, -0.25) is 4.79 Å². The maximum atomic E-state index is 12.5. The summed E-state index contributed by atoms with van der Waals surface area (Å²) in [6, 6.07) is 4.01. The van der Waals surface area contributed by atoms with Gasteiger partial charge in [0.05, 0.1) is 18.4 Å². The second-order valence-corrected chi connectivity index (χ2v) is 7.50. The molecule has 1 aromatic carbocycles. The molecule has 150 valence electrons. The fourth-order valence-corrected chi connectivity index (χ4v) is 4.08. The summed E-state index contributed by atoms with van der Waals surface area (Å²) in [4.78, 5) is 23.8. The van der Waals surface area contributed by atoms with Crippen molar-refractivity contribution in [1.82, 2.24) is 5.43 Å². The first-order chi connectivity index (χ1) is 13.8. The number of hydrogen-bond donors (Lipinski definition) is 2. The van der Waals surface area contributed by atoms with Crippen LogP contribution in [0.3, 0.4) is 0 Å². The van der Waals surface area contributed by atoms with E-state index in [4.69, 9.17) is 8.83 Å². The van der Waals surface area contributed by atoms with Gasteiger partial charge in [-0.25, -0.2) is 10.2 Å². The smallest absolute Gasteiger partial charge is 0.372 e. The zero-order valence-corrected chi connectivity index (χ0v) is 16.6. The molecule has 7 nitrogen and oxygen atoms in total. The lowest BCUT2D eigenvalue weighted by molar-refractivity contribution is -0.120. The Bertz CT molecular complexity index is 1170. The predicted molar refractivity (Wildman–Crippen MR) is 107 cm³/mol. The van der Waals surface area contributed by atoms with E-state index in [0.717, 1.165) is 34.1 Å². The van der Waals surface area contributed by atoms with Crippen molar-refractivity contribution in [3.05, 3.63) is 57.7 Å². The van der Waals surface area contributed by atoms with E-state index >= 15 is 0 Å². The molecule has 7 heteroatoms. The molecule has 0 radical (unpaired) electrons. The quantitative estimate of drug-likeness (QED) is 0.650. The molecule has 0 spiro atoms. The van der Waals surface area contributed by atoms with Crippen molar-refractivity contribution in [1.29, 1.82) is 0 Å². The molecule has 0 atom stereocenters. The number of aryl methyl sites for hydroxylation is 3. The predicted octanol–water partition coefficient (Wildman–Crippen LogP) is 4.05. The van der Waals surface area contributed by atoms with Crippen molar-refractivity contribution in [3.8, 4) is 0 Å². The van der Waals surface area contributed by atoms with Crippen LogP contribution in [-0.2, 0) is 17.6 Å². The van der Waals surface area contributed by atoms with E-state index in [1.807, 2.05) is 19.9 Å². The third-order valence-electron chi connectivity index (χ3n) is 5.28. The minimum atomic E-state index is -1.10. The number of hydrazone groups is 1. The number of fused-ring (bicyclic) bond motifs is 2. The lowest BCUT2D eigenvalue weighted by Gasteiger charge is -2.13. The summed E-state index contributed by atoms with van der Waals surface area (Å²) in [6.07, 6.45) is 3.86. The first kappa shape index (κ1) is 19.0. The number of carboxylic acids is 1. The molecule has 0 bridgehead atoms. The highest BCUT2D eigenvalue weighted by Gasteiger charge is 2.27. The van der Waals surface area contributed by atoms with Crippen molar-refractivity contribution in [2.75, 3.05) is 0 Å². The molecular weight excluding hydrogens is 372 g/mol. The van der Waals surface area contributed by atoms with Crippen LogP contribution in [0.5, 0.6) is 0 Å². The molecule has 3 aromatic rings. The lowest BCUT2D eigenvalue weighted by Crippen LogP contribution is -2.23. The van der Waals surface area contributed by atoms with Crippen LogP contribution >= 0.6 is 0 Å². The molecule has 0 unspecified atom stereocenters. The van der Waals surface area contributed by atoms with Gasteiger partial charge in [0, 0.05) is 28.5 Å². The Morgan fingerprint density at radius 1 is 1.21 bits per heavy atom. The van der Waals surface area contributed by atoms with Gasteiger partial charge in [-0.2, -0.15) is 5.10 Å². The van der Waals surface area contributed by atoms with Gasteiger partial charge in [-0.15, -0.1) is 0 Å². The monoisotopic (exact) mass is 394 g/mol. The van der Waals surface area contributed by atoms with Gasteiger partial charge >= 0.3 is 5.97 Å². The number of rotatable bonds is 4. The summed E-state index contributed by atoms with van der Waals surface area (Å²) in [5, 5.41) is 14.5. The Hall–Kier alpha value is -3.35. The molecule has 0 saturated carbocycles. The van der Waals surface area contributed by atoms with Crippen molar-refractivity contribution in [3.63, 3.8) is 0 Å². The minimum Gasteiger partial charge on any atom is -0.475 e. The number of furan rings is 2. The standard InChI is InChI=1S/C22H22N2O5/c1-11-7-12(2)19-14(10-28-17(19)8-11)9-18(25)24-23-15-5-4-6-16-20(15)13(3)21(29-16)22(26)27/h7-8,10H,4-6,9H2,1-3H3,(H,24,25)(H,26,27)/b23-15+. The molecule has 0 saturated heterocycles. The average Bonchev–Trinajstić information content (AvgIpc) is 3.21. The van der Waals surface area contributed by atoms with E-state index in [2.05, 4.69) is 16.6 Å². The first-order valence-electron chi connectivity index (χ1n) is 9.53.